The predicted molar refractivity (Wildman–Crippen MR) is 75.4 cm³/mol. The molecule has 1 aliphatic rings. The molecule has 116 valence electrons. The Morgan fingerprint density at radius 2 is 2.00 bits per heavy atom. The third-order valence-corrected chi connectivity index (χ3v) is 3.47. The van der Waals surface area contributed by atoms with E-state index in [4.69, 9.17) is 4.74 Å². The summed E-state index contributed by atoms with van der Waals surface area (Å²) in [5.74, 6) is -1.59. The number of carbonyl (C=O) groups is 2. The average molecular weight is 286 g/mol. The molecule has 1 saturated heterocycles. The molecule has 1 amide bonds. The molecule has 0 aromatic rings. The van der Waals surface area contributed by atoms with Crippen LogP contribution in [-0.2, 0) is 14.3 Å². The van der Waals surface area contributed by atoms with Gasteiger partial charge in [0.05, 0.1) is 19.1 Å². The second kappa shape index (κ2) is 7.04. The number of hydrogen-bond acceptors (Lipinski definition) is 4. The van der Waals surface area contributed by atoms with Gasteiger partial charge in [0.25, 0.3) is 0 Å². The number of carboxylic acid groups (broad SMARTS) is 1. The topological polar surface area (TPSA) is 87.7 Å². The van der Waals surface area contributed by atoms with Gasteiger partial charge in [0.15, 0.2) is 0 Å². The Hall–Kier alpha value is -1.14. The summed E-state index contributed by atoms with van der Waals surface area (Å²) in [5, 5.41) is 15.2. The van der Waals surface area contributed by atoms with Crippen LogP contribution >= 0.6 is 0 Å². The zero-order chi connectivity index (χ0) is 15.3. The maximum absolute atomic E-state index is 12.3. The molecule has 3 N–H and O–H groups in total. The highest BCUT2D eigenvalue weighted by molar-refractivity contribution is 5.86. The molecule has 0 bridgehead atoms. The SMILES string of the molecule is CCCNC1COCC1C(=O)N[C@H](C(=O)O)C(C)(C)C. The van der Waals surface area contributed by atoms with E-state index in [0.29, 0.717) is 13.2 Å². The van der Waals surface area contributed by atoms with Crippen LogP contribution in [0.15, 0.2) is 0 Å². The van der Waals surface area contributed by atoms with E-state index in [0.717, 1.165) is 13.0 Å². The molecule has 0 aliphatic carbocycles. The predicted octanol–water partition coefficient (Wildman–Crippen LogP) is 0.617. The average Bonchev–Trinajstić information content (AvgIpc) is 2.79. The molecule has 1 fully saturated rings. The van der Waals surface area contributed by atoms with Crippen molar-refractivity contribution >= 4 is 11.9 Å². The van der Waals surface area contributed by atoms with E-state index < -0.39 is 17.4 Å². The third kappa shape index (κ3) is 4.45. The second-order valence-corrected chi connectivity index (χ2v) is 6.35. The molecule has 6 nitrogen and oxygen atoms in total. The lowest BCUT2D eigenvalue weighted by Gasteiger charge is -2.29. The van der Waals surface area contributed by atoms with Crippen molar-refractivity contribution in [1.82, 2.24) is 10.6 Å². The van der Waals surface area contributed by atoms with Gasteiger partial charge in [0.2, 0.25) is 5.91 Å². The molecule has 1 rings (SSSR count). The normalized spacial score (nSPS) is 24.4. The number of ether oxygens (including phenoxy) is 1. The summed E-state index contributed by atoms with van der Waals surface area (Å²) in [5.41, 5.74) is -0.534. The molecule has 0 saturated carbocycles. The molecule has 1 heterocycles. The Balaban J connectivity index is 2.66. The van der Waals surface area contributed by atoms with E-state index in [1.807, 2.05) is 0 Å². The Morgan fingerprint density at radius 3 is 2.50 bits per heavy atom. The van der Waals surface area contributed by atoms with Gasteiger partial charge in [-0.3, -0.25) is 4.79 Å². The number of nitrogens with one attached hydrogen (secondary N) is 2. The van der Waals surface area contributed by atoms with Gasteiger partial charge in [-0.25, -0.2) is 4.79 Å². The van der Waals surface area contributed by atoms with Crippen molar-refractivity contribution in [1.29, 1.82) is 0 Å². The van der Waals surface area contributed by atoms with Crippen molar-refractivity contribution in [3.8, 4) is 0 Å². The second-order valence-electron chi connectivity index (χ2n) is 6.35. The number of rotatable bonds is 6. The van der Waals surface area contributed by atoms with Crippen molar-refractivity contribution in [2.24, 2.45) is 11.3 Å². The maximum atomic E-state index is 12.3. The molecule has 0 spiro atoms. The van der Waals surface area contributed by atoms with Crippen molar-refractivity contribution in [2.75, 3.05) is 19.8 Å². The van der Waals surface area contributed by atoms with Gasteiger partial charge in [0, 0.05) is 6.04 Å². The summed E-state index contributed by atoms with van der Waals surface area (Å²) in [7, 11) is 0. The molecular weight excluding hydrogens is 260 g/mol. The first-order valence-electron chi connectivity index (χ1n) is 7.11. The van der Waals surface area contributed by atoms with Gasteiger partial charge < -0.3 is 20.5 Å². The summed E-state index contributed by atoms with van der Waals surface area (Å²) in [6.07, 6.45) is 0.977. The maximum Gasteiger partial charge on any atom is 0.326 e. The van der Waals surface area contributed by atoms with Crippen molar-refractivity contribution in [3.63, 3.8) is 0 Å². The van der Waals surface area contributed by atoms with Gasteiger partial charge in [0.1, 0.15) is 6.04 Å². The van der Waals surface area contributed by atoms with Crippen LogP contribution in [0.5, 0.6) is 0 Å². The van der Waals surface area contributed by atoms with E-state index >= 15 is 0 Å². The zero-order valence-corrected chi connectivity index (χ0v) is 12.7. The van der Waals surface area contributed by atoms with Crippen molar-refractivity contribution in [3.05, 3.63) is 0 Å². The van der Waals surface area contributed by atoms with Gasteiger partial charge in [-0.2, -0.15) is 0 Å². The third-order valence-electron chi connectivity index (χ3n) is 3.47. The summed E-state index contributed by atoms with van der Waals surface area (Å²) in [4.78, 5) is 23.6. The number of aliphatic carboxylic acids is 1. The molecule has 0 radical (unpaired) electrons. The fraction of sp³-hybridized carbons (Fsp3) is 0.857. The minimum atomic E-state index is -1.01. The Morgan fingerprint density at radius 1 is 1.35 bits per heavy atom. The fourth-order valence-electron chi connectivity index (χ4n) is 2.24. The van der Waals surface area contributed by atoms with Crippen LogP contribution in [0.2, 0.25) is 0 Å². The number of amides is 1. The Bertz CT molecular complexity index is 352. The molecule has 1 aliphatic heterocycles. The van der Waals surface area contributed by atoms with E-state index in [9.17, 15) is 14.7 Å². The highest BCUT2D eigenvalue weighted by atomic mass is 16.5. The molecule has 6 heteroatoms. The Labute approximate surface area is 120 Å². The molecule has 0 aromatic heterocycles. The first kappa shape index (κ1) is 16.9. The quantitative estimate of drug-likeness (QED) is 0.666. The molecule has 0 aromatic carbocycles. The van der Waals surface area contributed by atoms with E-state index in [1.54, 1.807) is 20.8 Å². The van der Waals surface area contributed by atoms with Crippen molar-refractivity contribution in [2.45, 2.75) is 46.2 Å². The molecule has 20 heavy (non-hydrogen) atoms. The van der Waals surface area contributed by atoms with E-state index in [-0.39, 0.29) is 17.9 Å². The highest BCUT2D eigenvalue weighted by Crippen LogP contribution is 2.21. The Kier molecular flexibility index (Phi) is 5.95. The van der Waals surface area contributed by atoms with Crippen LogP contribution in [0, 0.1) is 11.3 Å². The van der Waals surface area contributed by atoms with Gasteiger partial charge >= 0.3 is 5.97 Å². The monoisotopic (exact) mass is 286 g/mol. The van der Waals surface area contributed by atoms with Crippen LogP contribution in [0.4, 0.5) is 0 Å². The molecule has 2 unspecified atom stereocenters. The number of carbonyl (C=O) groups excluding carboxylic acids is 1. The van der Waals surface area contributed by atoms with Crippen LogP contribution in [0.3, 0.4) is 0 Å². The minimum absolute atomic E-state index is 0.0376. The summed E-state index contributed by atoms with van der Waals surface area (Å²) in [6, 6.07) is -0.938. The molecular formula is C14H26N2O4. The highest BCUT2D eigenvalue weighted by Gasteiger charge is 2.38. The van der Waals surface area contributed by atoms with Crippen LogP contribution in [0.1, 0.15) is 34.1 Å². The van der Waals surface area contributed by atoms with Gasteiger partial charge in [-0.15, -0.1) is 0 Å². The fourth-order valence-corrected chi connectivity index (χ4v) is 2.24. The van der Waals surface area contributed by atoms with Crippen LogP contribution in [-0.4, -0.2) is 48.8 Å². The standard InChI is InChI=1S/C14H26N2O4/c1-5-6-15-10-8-20-7-9(10)12(17)16-11(13(18)19)14(2,3)4/h9-11,15H,5-8H2,1-4H3,(H,16,17)(H,18,19)/t9?,10?,11-/m1/s1. The lowest BCUT2D eigenvalue weighted by Crippen LogP contribution is -2.53. The van der Waals surface area contributed by atoms with Crippen molar-refractivity contribution < 1.29 is 19.4 Å². The van der Waals surface area contributed by atoms with Crippen LogP contribution in [0.25, 0.3) is 0 Å². The molecule has 3 atom stereocenters. The minimum Gasteiger partial charge on any atom is -0.480 e. The summed E-state index contributed by atoms with van der Waals surface area (Å²) >= 11 is 0. The lowest BCUT2D eigenvalue weighted by molar-refractivity contribution is -0.145. The van der Waals surface area contributed by atoms with Crippen LogP contribution < -0.4 is 10.6 Å². The van der Waals surface area contributed by atoms with Gasteiger partial charge in [-0.1, -0.05) is 27.7 Å². The lowest BCUT2D eigenvalue weighted by atomic mass is 9.86. The van der Waals surface area contributed by atoms with E-state index in [2.05, 4.69) is 17.6 Å². The number of hydrogen-bond donors (Lipinski definition) is 3. The number of carboxylic acids is 1. The first-order valence-corrected chi connectivity index (χ1v) is 7.11. The largest absolute Gasteiger partial charge is 0.480 e. The zero-order valence-electron chi connectivity index (χ0n) is 12.7. The van der Waals surface area contributed by atoms with Gasteiger partial charge in [-0.05, 0) is 18.4 Å². The summed E-state index contributed by atoms with van der Waals surface area (Å²) in [6.45, 7) is 9.09. The smallest absolute Gasteiger partial charge is 0.326 e. The first-order chi connectivity index (χ1) is 9.27. The summed E-state index contributed by atoms with van der Waals surface area (Å²) < 4.78 is 5.34. The van der Waals surface area contributed by atoms with E-state index in [1.165, 1.54) is 0 Å².